The highest BCUT2D eigenvalue weighted by Crippen LogP contribution is 2.34. The van der Waals surface area contributed by atoms with E-state index in [4.69, 9.17) is 5.73 Å². The van der Waals surface area contributed by atoms with Gasteiger partial charge in [0.15, 0.2) is 0 Å². The summed E-state index contributed by atoms with van der Waals surface area (Å²) in [6.45, 7) is 6.25. The lowest BCUT2D eigenvalue weighted by molar-refractivity contribution is 0.133. The fraction of sp³-hybridized carbons (Fsp3) is 0.524. The van der Waals surface area contributed by atoms with Gasteiger partial charge in [0.1, 0.15) is 11.6 Å². The van der Waals surface area contributed by atoms with Crippen molar-refractivity contribution < 1.29 is 0 Å². The summed E-state index contributed by atoms with van der Waals surface area (Å²) in [4.78, 5) is 4.99. The van der Waals surface area contributed by atoms with Crippen LogP contribution in [0.4, 0.5) is 0 Å². The van der Waals surface area contributed by atoms with E-state index in [2.05, 4.69) is 74.1 Å². The van der Waals surface area contributed by atoms with Gasteiger partial charge in [-0.05, 0) is 18.4 Å². The van der Waals surface area contributed by atoms with Crippen LogP contribution in [0.15, 0.2) is 36.4 Å². The zero-order valence-corrected chi connectivity index (χ0v) is 16.2. The van der Waals surface area contributed by atoms with Crippen molar-refractivity contribution in [3.8, 4) is 0 Å². The predicted molar refractivity (Wildman–Crippen MR) is 108 cm³/mol. The van der Waals surface area contributed by atoms with Gasteiger partial charge in [-0.25, -0.2) is 0 Å². The highest BCUT2D eigenvalue weighted by atomic mass is 15.3. The lowest BCUT2D eigenvalue weighted by atomic mass is 9.80. The first-order chi connectivity index (χ1) is 13.2. The van der Waals surface area contributed by atoms with E-state index in [1.165, 1.54) is 5.56 Å². The maximum absolute atomic E-state index is 5.92. The standard InChI is InChI=1S/C21H30N6/c1-25-20(23-24-21(25)18-14-19(22)15-18)16-27-12-10-26(11-13-27)9-5-8-17-6-3-2-4-7-17/h2-8,18-19H,9-16,22H2,1H3/b8-5+. The summed E-state index contributed by atoms with van der Waals surface area (Å²) in [7, 11) is 2.10. The Labute approximate surface area is 161 Å². The molecule has 2 N–H and O–H groups in total. The van der Waals surface area contributed by atoms with E-state index in [9.17, 15) is 0 Å². The third-order valence-corrected chi connectivity index (χ3v) is 5.84. The quantitative estimate of drug-likeness (QED) is 0.845. The number of aromatic nitrogens is 3. The number of piperazine rings is 1. The Hall–Kier alpha value is -2.02. The van der Waals surface area contributed by atoms with Crippen LogP contribution in [-0.2, 0) is 13.6 Å². The molecule has 2 heterocycles. The summed E-state index contributed by atoms with van der Waals surface area (Å²) >= 11 is 0. The second kappa shape index (κ2) is 8.33. The van der Waals surface area contributed by atoms with E-state index in [0.717, 1.165) is 63.8 Å². The van der Waals surface area contributed by atoms with Gasteiger partial charge in [-0.1, -0.05) is 42.5 Å². The Morgan fingerprint density at radius 2 is 1.74 bits per heavy atom. The molecule has 4 rings (SSSR count). The van der Waals surface area contributed by atoms with Crippen LogP contribution >= 0.6 is 0 Å². The van der Waals surface area contributed by atoms with Crippen LogP contribution in [0.25, 0.3) is 6.08 Å². The molecule has 0 atom stereocenters. The molecule has 144 valence electrons. The average Bonchev–Trinajstić information content (AvgIpc) is 3.01. The summed E-state index contributed by atoms with van der Waals surface area (Å²) < 4.78 is 2.19. The minimum atomic E-state index is 0.346. The van der Waals surface area contributed by atoms with Crippen molar-refractivity contribution >= 4 is 6.08 Å². The van der Waals surface area contributed by atoms with Gasteiger partial charge >= 0.3 is 0 Å². The molecule has 0 amide bonds. The van der Waals surface area contributed by atoms with E-state index in [0.29, 0.717) is 12.0 Å². The van der Waals surface area contributed by atoms with Crippen LogP contribution in [0.5, 0.6) is 0 Å². The number of rotatable bonds is 6. The van der Waals surface area contributed by atoms with Gasteiger partial charge in [-0.15, -0.1) is 10.2 Å². The Kier molecular flexibility index (Phi) is 5.66. The van der Waals surface area contributed by atoms with Crippen molar-refractivity contribution in [3.63, 3.8) is 0 Å². The smallest absolute Gasteiger partial charge is 0.146 e. The van der Waals surface area contributed by atoms with Gasteiger partial charge in [0.05, 0.1) is 6.54 Å². The van der Waals surface area contributed by atoms with Gasteiger partial charge in [0.2, 0.25) is 0 Å². The lowest BCUT2D eigenvalue weighted by Gasteiger charge is -2.34. The lowest BCUT2D eigenvalue weighted by Crippen LogP contribution is -2.46. The van der Waals surface area contributed by atoms with Crippen molar-refractivity contribution in [2.24, 2.45) is 12.8 Å². The van der Waals surface area contributed by atoms with E-state index < -0.39 is 0 Å². The summed E-state index contributed by atoms with van der Waals surface area (Å²) in [6, 6.07) is 10.8. The fourth-order valence-corrected chi connectivity index (χ4v) is 3.97. The molecule has 0 spiro atoms. The highest BCUT2D eigenvalue weighted by molar-refractivity contribution is 5.48. The van der Waals surface area contributed by atoms with Gasteiger partial charge in [0, 0.05) is 51.7 Å². The maximum atomic E-state index is 5.92. The van der Waals surface area contributed by atoms with Crippen molar-refractivity contribution in [1.82, 2.24) is 24.6 Å². The summed E-state index contributed by atoms with van der Waals surface area (Å²) in [5.41, 5.74) is 7.18. The second-order valence-electron chi connectivity index (χ2n) is 7.85. The molecule has 1 saturated carbocycles. The molecule has 1 aromatic heterocycles. The monoisotopic (exact) mass is 366 g/mol. The molecule has 1 aliphatic carbocycles. The molecule has 27 heavy (non-hydrogen) atoms. The summed E-state index contributed by atoms with van der Waals surface area (Å²) in [6.07, 6.45) is 6.56. The molecule has 1 aromatic carbocycles. The molecule has 0 bridgehead atoms. The Balaban J connectivity index is 1.23. The first kappa shape index (κ1) is 18.3. The minimum Gasteiger partial charge on any atom is -0.328 e. The number of nitrogens with two attached hydrogens (primary N) is 1. The summed E-state index contributed by atoms with van der Waals surface area (Å²) in [5, 5.41) is 8.88. The second-order valence-corrected chi connectivity index (χ2v) is 7.85. The number of hydrogen-bond acceptors (Lipinski definition) is 5. The van der Waals surface area contributed by atoms with Gasteiger partial charge in [0.25, 0.3) is 0 Å². The van der Waals surface area contributed by atoms with Crippen LogP contribution in [0.2, 0.25) is 0 Å². The topological polar surface area (TPSA) is 63.2 Å². The van der Waals surface area contributed by atoms with Crippen LogP contribution in [-0.4, -0.2) is 63.3 Å². The van der Waals surface area contributed by atoms with Gasteiger partial charge in [-0.3, -0.25) is 9.80 Å². The van der Waals surface area contributed by atoms with E-state index in [1.807, 2.05) is 0 Å². The average molecular weight is 367 g/mol. The van der Waals surface area contributed by atoms with Crippen molar-refractivity contribution in [2.45, 2.75) is 31.3 Å². The predicted octanol–water partition coefficient (Wildman–Crippen LogP) is 1.85. The van der Waals surface area contributed by atoms with E-state index in [1.54, 1.807) is 0 Å². The molecule has 0 radical (unpaired) electrons. The Morgan fingerprint density at radius 3 is 2.44 bits per heavy atom. The van der Waals surface area contributed by atoms with Crippen molar-refractivity contribution in [2.75, 3.05) is 32.7 Å². The third kappa shape index (κ3) is 4.46. The summed E-state index contributed by atoms with van der Waals surface area (Å²) in [5.74, 6) is 2.68. The highest BCUT2D eigenvalue weighted by Gasteiger charge is 2.31. The Morgan fingerprint density at radius 1 is 1.04 bits per heavy atom. The largest absolute Gasteiger partial charge is 0.328 e. The fourth-order valence-electron chi connectivity index (χ4n) is 3.97. The van der Waals surface area contributed by atoms with E-state index >= 15 is 0 Å². The first-order valence-corrected chi connectivity index (χ1v) is 9.99. The number of benzene rings is 1. The van der Waals surface area contributed by atoms with Crippen LogP contribution in [0.1, 0.15) is 36.0 Å². The molecule has 2 aromatic rings. The Bertz CT molecular complexity index is 754. The third-order valence-electron chi connectivity index (χ3n) is 5.84. The zero-order chi connectivity index (χ0) is 18.6. The number of hydrogen-bond donors (Lipinski definition) is 1. The molecule has 1 aliphatic heterocycles. The first-order valence-electron chi connectivity index (χ1n) is 9.99. The van der Waals surface area contributed by atoms with Gasteiger partial charge in [-0.2, -0.15) is 0 Å². The van der Waals surface area contributed by atoms with Gasteiger partial charge < -0.3 is 10.3 Å². The van der Waals surface area contributed by atoms with E-state index in [-0.39, 0.29) is 0 Å². The van der Waals surface area contributed by atoms with Crippen molar-refractivity contribution in [3.05, 3.63) is 53.6 Å². The molecular weight excluding hydrogens is 336 g/mol. The van der Waals surface area contributed by atoms with Crippen LogP contribution < -0.4 is 5.73 Å². The zero-order valence-electron chi connectivity index (χ0n) is 16.2. The molecule has 2 aliphatic rings. The van der Waals surface area contributed by atoms with Crippen molar-refractivity contribution in [1.29, 1.82) is 0 Å². The molecule has 0 unspecified atom stereocenters. The number of nitrogens with zero attached hydrogens (tertiary/aromatic N) is 5. The van der Waals surface area contributed by atoms with Crippen LogP contribution in [0, 0.1) is 0 Å². The minimum absolute atomic E-state index is 0.346. The molecular formula is C21H30N6. The molecule has 1 saturated heterocycles. The molecule has 6 heteroatoms. The maximum Gasteiger partial charge on any atom is 0.146 e. The normalized spacial score (nSPS) is 24.4. The molecule has 6 nitrogen and oxygen atoms in total. The SMILES string of the molecule is Cn1c(CN2CCN(C/C=C/c3ccccc3)CC2)nnc1C1CC(N)C1. The molecule has 2 fully saturated rings. The van der Waals surface area contributed by atoms with Crippen LogP contribution in [0.3, 0.4) is 0 Å².